The van der Waals surface area contributed by atoms with Crippen LogP contribution in [0.4, 0.5) is 10.1 Å². The van der Waals surface area contributed by atoms with E-state index in [0.717, 1.165) is 37.2 Å². The van der Waals surface area contributed by atoms with Crippen molar-refractivity contribution in [1.29, 1.82) is 0 Å². The second kappa shape index (κ2) is 9.29. The Balaban J connectivity index is 1.76. The van der Waals surface area contributed by atoms with Gasteiger partial charge in [0.2, 0.25) is 0 Å². The summed E-state index contributed by atoms with van der Waals surface area (Å²) in [5.41, 5.74) is 4.68. The van der Waals surface area contributed by atoms with Crippen LogP contribution in [-0.2, 0) is 4.74 Å². The number of hydrogen-bond acceptors (Lipinski definition) is 4. The number of benzene rings is 1. The topological polar surface area (TPSA) is 45.1 Å². The second-order valence-electron chi connectivity index (χ2n) is 6.97. The summed E-state index contributed by atoms with van der Waals surface area (Å²) in [5.74, 6) is 0. The van der Waals surface area contributed by atoms with Crippen LogP contribution >= 0.6 is 0 Å². The van der Waals surface area contributed by atoms with Gasteiger partial charge in [-0.2, -0.15) is 0 Å². The molecular weight excluding hydrogens is 343 g/mol. The first-order chi connectivity index (χ1) is 13.2. The van der Waals surface area contributed by atoms with E-state index in [2.05, 4.69) is 49.1 Å². The number of ether oxygens (including phenoxy) is 1. The normalized spacial score (nSPS) is 22.7. The Morgan fingerprint density at radius 1 is 1.22 bits per heavy atom. The molecule has 4 nitrogen and oxygen atoms in total. The molecule has 0 saturated heterocycles. The molecule has 0 fully saturated rings. The van der Waals surface area contributed by atoms with Crippen molar-refractivity contribution < 1.29 is 14.2 Å². The van der Waals surface area contributed by atoms with Crippen molar-refractivity contribution in [2.75, 3.05) is 31.3 Å². The molecule has 0 saturated carbocycles. The Labute approximate surface area is 161 Å². The Morgan fingerprint density at radius 2 is 1.96 bits per heavy atom. The zero-order valence-electron chi connectivity index (χ0n) is 16.1. The van der Waals surface area contributed by atoms with Crippen LogP contribution in [0.25, 0.3) is 0 Å². The van der Waals surface area contributed by atoms with Crippen LogP contribution in [-0.4, -0.2) is 55.4 Å². The zero-order valence-corrected chi connectivity index (χ0v) is 16.1. The Hall–Kier alpha value is -1.98. The monoisotopic (exact) mass is 372 g/mol. The molecule has 1 aromatic rings. The van der Waals surface area contributed by atoms with Crippen molar-refractivity contribution in [3.05, 3.63) is 53.6 Å². The Kier molecular flexibility index (Phi) is 6.80. The van der Waals surface area contributed by atoms with E-state index in [0.29, 0.717) is 0 Å². The summed E-state index contributed by atoms with van der Waals surface area (Å²) >= 11 is 0. The largest absolute Gasteiger partial charge is 0.388 e. The first-order valence-corrected chi connectivity index (χ1v) is 9.81. The van der Waals surface area contributed by atoms with Crippen molar-refractivity contribution in [1.82, 2.24) is 0 Å². The molecule has 0 bridgehead atoms. The maximum Gasteiger partial charge on any atom is 0.118 e. The number of halogens is 1. The highest BCUT2D eigenvalue weighted by Gasteiger charge is 2.29. The molecule has 146 valence electrons. The van der Waals surface area contributed by atoms with E-state index in [1.807, 2.05) is 12.2 Å². The van der Waals surface area contributed by atoms with Gasteiger partial charge in [0.1, 0.15) is 24.9 Å². The highest BCUT2D eigenvalue weighted by atomic mass is 19.1. The summed E-state index contributed by atoms with van der Waals surface area (Å²) < 4.78 is 18.2. The second-order valence-corrected chi connectivity index (χ2v) is 6.97. The van der Waals surface area contributed by atoms with Gasteiger partial charge >= 0.3 is 0 Å². The van der Waals surface area contributed by atoms with Gasteiger partial charge < -0.3 is 14.7 Å². The fraction of sp³-hybridized carbons (Fsp3) is 0.500. The molecule has 27 heavy (non-hydrogen) atoms. The highest BCUT2D eigenvalue weighted by Crippen LogP contribution is 2.30. The molecule has 3 atom stereocenters. The molecule has 2 unspecified atom stereocenters. The van der Waals surface area contributed by atoms with Crippen molar-refractivity contribution >= 4 is 11.4 Å². The molecule has 1 aliphatic carbocycles. The minimum Gasteiger partial charge on any atom is -0.388 e. The van der Waals surface area contributed by atoms with Crippen molar-refractivity contribution in [3.63, 3.8) is 0 Å². The molecule has 5 heteroatoms. The Bertz CT molecular complexity index is 708. The molecule has 1 heterocycles. The Morgan fingerprint density at radius 3 is 2.63 bits per heavy atom. The first-order valence-electron chi connectivity index (χ1n) is 9.81. The number of aliphatic hydroxyl groups is 1. The quantitative estimate of drug-likeness (QED) is 0.757. The molecular formula is C22H29FN2O2. The molecule has 2 aliphatic rings. The lowest BCUT2D eigenvalue weighted by molar-refractivity contribution is -0.00510. The van der Waals surface area contributed by atoms with Gasteiger partial charge in [-0.3, -0.25) is 4.99 Å². The average molecular weight is 372 g/mol. The minimum absolute atomic E-state index is 0.0152. The van der Waals surface area contributed by atoms with Gasteiger partial charge in [-0.05, 0) is 50.0 Å². The minimum atomic E-state index is -1.08. The summed E-state index contributed by atoms with van der Waals surface area (Å²) in [7, 11) is 0. The molecule has 0 amide bonds. The number of fused-ring (bicyclic) bond motifs is 1. The third kappa shape index (κ3) is 4.66. The number of hydrogen-bond donors (Lipinski definition) is 1. The number of aliphatic hydroxyl groups excluding tert-OH is 1. The van der Waals surface area contributed by atoms with Crippen LogP contribution in [0.3, 0.4) is 0 Å². The summed E-state index contributed by atoms with van der Waals surface area (Å²) in [5, 5.41) is 9.45. The molecule has 3 rings (SSSR count). The van der Waals surface area contributed by atoms with E-state index in [-0.39, 0.29) is 18.8 Å². The van der Waals surface area contributed by atoms with Crippen LogP contribution in [0.1, 0.15) is 32.3 Å². The van der Waals surface area contributed by atoms with Crippen LogP contribution in [0.2, 0.25) is 0 Å². The number of aliphatic imine (C=N–C) groups is 1. The van der Waals surface area contributed by atoms with E-state index in [1.165, 1.54) is 11.3 Å². The van der Waals surface area contributed by atoms with Crippen molar-refractivity contribution in [2.45, 2.75) is 44.9 Å². The number of rotatable bonds is 8. The van der Waals surface area contributed by atoms with Crippen LogP contribution in [0.15, 0.2) is 53.1 Å². The summed E-state index contributed by atoms with van der Waals surface area (Å²) in [4.78, 5) is 7.28. The van der Waals surface area contributed by atoms with Gasteiger partial charge in [-0.25, -0.2) is 4.39 Å². The van der Waals surface area contributed by atoms with Gasteiger partial charge in [-0.15, -0.1) is 0 Å². The van der Waals surface area contributed by atoms with Gasteiger partial charge in [0, 0.05) is 24.5 Å². The summed E-state index contributed by atoms with van der Waals surface area (Å²) in [6, 6.07) is 8.50. The fourth-order valence-electron chi connectivity index (χ4n) is 3.67. The van der Waals surface area contributed by atoms with Gasteiger partial charge in [0.05, 0.1) is 6.61 Å². The van der Waals surface area contributed by atoms with Crippen molar-refractivity contribution in [3.8, 4) is 0 Å². The maximum atomic E-state index is 12.5. The molecule has 1 aliphatic heterocycles. The van der Waals surface area contributed by atoms with E-state index in [9.17, 15) is 9.50 Å². The van der Waals surface area contributed by atoms with E-state index < -0.39 is 12.8 Å². The zero-order chi connectivity index (χ0) is 19.2. The molecule has 1 aromatic carbocycles. The lowest BCUT2D eigenvalue weighted by Gasteiger charge is -2.31. The number of alkyl halides is 1. The van der Waals surface area contributed by atoms with Gasteiger partial charge in [-0.1, -0.05) is 30.4 Å². The SMILES string of the molecule is CCN(CC)c1ccc(C2=NC3C(=CC=C[C@@H]3OCC(O)CF)CC2)cc1. The third-order valence-corrected chi connectivity index (χ3v) is 5.24. The predicted octanol–water partition coefficient (Wildman–Crippen LogP) is 3.70. The smallest absolute Gasteiger partial charge is 0.118 e. The molecule has 0 aromatic heterocycles. The van der Waals surface area contributed by atoms with Crippen molar-refractivity contribution in [2.24, 2.45) is 4.99 Å². The number of anilines is 1. The lowest BCUT2D eigenvalue weighted by Crippen LogP contribution is -2.35. The number of nitrogens with zero attached hydrogens (tertiary/aromatic N) is 2. The van der Waals surface area contributed by atoms with E-state index in [1.54, 1.807) is 0 Å². The van der Waals surface area contributed by atoms with Crippen LogP contribution in [0, 0.1) is 0 Å². The molecule has 1 N–H and O–H groups in total. The van der Waals surface area contributed by atoms with E-state index in [4.69, 9.17) is 9.73 Å². The summed E-state index contributed by atoms with van der Waals surface area (Å²) in [6.07, 6.45) is 6.52. The highest BCUT2D eigenvalue weighted by molar-refractivity contribution is 6.01. The van der Waals surface area contributed by atoms with Crippen LogP contribution < -0.4 is 4.90 Å². The maximum absolute atomic E-state index is 12.5. The van der Waals surface area contributed by atoms with Gasteiger partial charge in [0.15, 0.2) is 0 Å². The lowest BCUT2D eigenvalue weighted by atomic mass is 9.87. The summed E-state index contributed by atoms with van der Waals surface area (Å²) in [6.45, 7) is 5.49. The number of allylic oxidation sites excluding steroid dienone is 2. The van der Waals surface area contributed by atoms with Crippen LogP contribution in [0.5, 0.6) is 0 Å². The fourth-order valence-corrected chi connectivity index (χ4v) is 3.67. The molecule has 0 spiro atoms. The molecule has 0 radical (unpaired) electrons. The standard InChI is InChI=1S/C22H29FN2O2/c1-3-25(4-2)18-11-8-16(9-12-18)20-13-10-17-6-5-7-21(22(17)24-20)27-15-19(26)14-23/h5-9,11-12,19,21-22,26H,3-4,10,13-15H2,1-2H3/t19?,21-,22?/m0/s1. The van der Waals surface area contributed by atoms with E-state index >= 15 is 0 Å². The third-order valence-electron chi connectivity index (χ3n) is 5.24. The average Bonchev–Trinajstić information content (AvgIpc) is 2.73. The first kappa shape index (κ1) is 19.8. The predicted molar refractivity (Wildman–Crippen MR) is 109 cm³/mol. The van der Waals surface area contributed by atoms with Gasteiger partial charge in [0.25, 0.3) is 0 Å².